The van der Waals surface area contributed by atoms with Gasteiger partial charge < -0.3 is 10.2 Å². The molecule has 1 aromatic carbocycles. The highest BCUT2D eigenvalue weighted by Crippen LogP contribution is 2.21. The molecule has 1 aromatic rings. The molecular formula is C10H12ClF3N2. The van der Waals surface area contributed by atoms with Crippen molar-refractivity contribution in [3.63, 3.8) is 0 Å². The van der Waals surface area contributed by atoms with Gasteiger partial charge in [0, 0.05) is 44.0 Å². The Bertz CT molecular complexity index is 344. The number of rotatable bonds is 1. The summed E-state index contributed by atoms with van der Waals surface area (Å²) >= 11 is 0. The number of anilines is 1. The summed E-state index contributed by atoms with van der Waals surface area (Å²) in [5, 5.41) is 3.12. The number of benzene rings is 1. The molecule has 0 spiro atoms. The normalized spacial score (nSPS) is 15.8. The first kappa shape index (κ1) is 13.1. The van der Waals surface area contributed by atoms with Crippen LogP contribution < -0.4 is 10.2 Å². The molecule has 1 N–H and O–H groups in total. The Morgan fingerprint density at radius 1 is 1.00 bits per heavy atom. The smallest absolute Gasteiger partial charge is 0.194 e. The van der Waals surface area contributed by atoms with Gasteiger partial charge in [0.15, 0.2) is 17.5 Å². The molecule has 6 heteroatoms. The highest BCUT2D eigenvalue weighted by atomic mass is 35.5. The van der Waals surface area contributed by atoms with Crippen molar-refractivity contribution in [2.75, 3.05) is 31.1 Å². The Hall–Kier alpha value is -0.940. The fourth-order valence-corrected chi connectivity index (χ4v) is 1.65. The third kappa shape index (κ3) is 2.59. The fraction of sp³-hybridized carbons (Fsp3) is 0.400. The molecule has 2 rings (SSSR count). The maximum absolute atomic E-state index is 12.9. The van der Waals surface area contributed by atoms with Crippen molar-refractivity contribution in [1.29, 1.82) is 0 Å². The van der Waals surface area contributed by atoms with E-state index in [4.69, 9.17) is 0 Å². The van der Waals surface area contributed by atoms with E-state index >= 15 is 0 Å². The van der Waals surface area contributed by atoms with Gasteiger partial charge in [-0.15, -0.1) is 12.4 Å². The van der Waals surface area contributed by atoms with Crippen LogP contribution in [0.15, 0.2) is 12.1 Å². The number of nitrogens with one attached hydrogen (secondary N) is 1. The first-order valence-electron chi connectivity index (χ1n) is 4.78. The lowest BCUT2D eigenvalue weighted by molar-refractivity contribution is 0.446. The molecule has 0 amide bonds. The van der Waals surface area contributed by atoms with Gasteiger partial charge in [-0.25, -0.2) is 13.2 Å². The molecule has 0 radical (unpaired) electrons. The summed E-state index contributed by atoms with van der Waals surface area (Å²) in [5.41, 5.74) is 0.396. The maximum atomic E-state index is 12.9. The van der Waals surface area contributed by atoms with Gasteiger partial charge in [-0.3, -0.25) is 0 Å². The monoisotopic (exact) mass is 252 g/mol. The highest BCUT2D eigenvalue weighted by molar-refractivity contribution is 5.85. The summed E-state index contributed by atoms with van der Waals surface area (Å²) in [4.78, 5) is 1.82. The third-order valence-corrected chi connectivity index (χ3v) is 2.45. The van der Waals surface area contributed by atoms with Crippen molar-refractivity contribution in [2.24, 2.45) is 0 Å². The fourth-order valence-electron chi connectivity index (χ4n) is 1.65. The van der Waals surface area contributed by atoms with Gasteiger partial charge in [0.2, 0.25) is 0 Å². The number of hydrogen-bond donors (Lipinski definition) is 1. The minimum absolute atomic E-state index is 0. The molecule has 0 saturated carbocycles. The van der Waals surface area contributed by atoms with Gasteiger partial charge in [-0.2, -0.15) is 0 Å². The molecule has 0 aliphatic carbocycles. The van der Waals surface area contributed by atoms with Crippen LogP contribution in [0.4, 0.5) is 18.9 Å². The van der Waals surface area contributed by atoms with E-state index in [9.17, 15) is 13.2 Å². The van der Waals surface area contributed by atoms with Crippen LogP contribution in [0.1, 0.15) is 0 Å². The Morgan fingerprint density at radius 3 is 2.00 bits per heavy atom. The van der Waals surface area contributed by atoms with Crippen LogP contribution in [0.3, 0.4) is 0 Å². The molecule has 1 fully saturated rings. The molecule has 1 aliphatic rings. The third-order valence-electron chi connectivity index (χ3n) is 2.45. The van der Waals surface area contributed by atoms with Gasteiger partial charge in [0.05, 0.1) is 0 Å². The van der Waals surface area contributed by atoms with E-state index in [0.29, 0.717) is 18.8 Å². The summed E-state index contributed by atoms with van der Waals surface area (Å²) in [6.07, 6.45) is 0. The van der Waals surface area contributed by atoms with E-state index in [1.54, 1.807) is 0 Å². The Kier molecular flexibility index (Phi) is 4.44. The molecule has 0 bridgehead atoms. The van der Waals surface area contributed by atoms with Gasteiger partial charge in [-0.05, 0) is 0 Å². The second kappa shape index (κ2) is 5.41. The lowest BCUT2D eigenvalue weighted by Crippen LogP contribution is -2.43. The maximum Gasteiger partial charge on any atom is 0.194 e. The van der Waals surface area contributed by atoms with Crippen LogP contribution >= 0.6 is 12.4 Å². The summed E-state index contributed by atoms with van der Waals surface area (Å²) in [6, 6.07) is 2.06. The predicted molar refractivity (Wildman–Crippen MR) is 58.6 cm³/mol. The average molecular weight is 253 g/mol. The van der Waals surface area contributed by atoms with Crippen molar-refractivity contribution >= 4 is 18.1 Å². The molecule has 16 heavy (non-hydrogen) atoms. The van der Waals surface area contributed by atoms with Crippen molar-refractivity contribution in [2.45, 2.75) is 0 Å². The lowest BCUT2D eigenvalue weighted by Gasteiger charge is -2.29. The van der Waals surface area contributed by atoms with Gasteiger partial charge in [-0.1, -0.05) is 0 Å². The zero-order valence-electron chi connectivity index (χ0n) is 8.47. The number of nitrogens with zero attached hydrogens (tertiary/aromatic N) is 1. The molecule has 2 nitrogen and oxygen atoms in total. The first-order chi connectivity index (χ1) is 7.18. The minimum Gasteiger partial charge on any atom is -0.369 e. The van der Waals surface area contributed by atoms with E-state index in [1.165, 1.54) is 0 Å². The second-order valence-corrected chi connectivity index (χ2v) is 3.46. The number of hydrogen-bond acceptors (Lipinski definition) is 2. The zero-order valence-corrected chi connectivity index (χ0v) is 9.29. The van der Waals surface area contributed by atoms with E-state index in [2.05, 4.69) is 5.32 Å². The highest BCUT2D eigenvalue weighted by Gasteiger charge is 2.16. The summed E-state index contributed by atoms with van der Waals surface area (Å²) in [6.45, 7) is 2.87. The van der Waals surface area contributed by atoms with Crippen LogP contribution in [0.5, 0.6) is 0 Å². The van der Waals surface area contributed by atoms with Crippen molar-refractivity contribution in [3.8, 4) is 0 Å². The standard InChI is InChI=1S/C10H11F3N2.ClH/c11-8-5-7(6-9(12)10(8)13)15-3-1-14-2-4-15;/h5-6,14H,1-4H2;1H. The van der Waals surface area contributed by atoms with Crippen LogP contribution in [0.25, 0.3) is 0 Å². The SMILES string of the molecule is Cl.Fc1cc(N2CCNCC2)cc(F)c1F. The van der Waals surface area contributed by atoms with Crippen LogP contribution in [-0.2, 0) is 0 Å². The second-order valence-electron chi connectivity index (χ2n) is 3.46. The quantitative estimate of drug-likeness (QED) is 0.769. The van der Waals surface area contributed by atoms with Gasteiger partial charge >= 0.3 is 0 Å². The lowest BCUT2D eigenvalue weighted by atomic mass is 10.2. The summed E-state index contributed by atoms with van der Waals surface area (Å²) in [7, 11) is 0. The molecule has 0 atom stereocenters. The number of piperazine rings is 1. The largest absolute Gasteiger partial charge is 0.369 e. The Morgan fingerprint density at radius 2 is 1.50 bits per heavy atom. The zero-order chi connectivity index (χ0) is 10.8. The van der Waals surface area contributed by atoms with E-state index in [0.717, 1.165) is 25.2 Å². The molecule has 0 aromatic heterocycles. The molecule has 0 unspecified atom stereocenters. The van der Waals surface area contributed by atoms with Gasteiger partial charge in [0.1, 0.15) is 0 Å². The van der Waals surface area contributed by atoms with Gasteiger partial charge in [0.25, 0.3) is 0 Å². The van der Waals surface area contributed by atoms with Crippen LogP contribution in [0.2, 0.25) is 0 Å². The molecule has 1 heterocycles. The molecular weight excluding hydrogens is 241 g/mol. The van der Waals surface area contributed by atoms with Crippen LogP contribution in [-0.4, -0.2) is 26.2 Å². The molecule has 1 aliphatic heterocycles. The Balaban J connectivity index is 0.00000128. The van der Waals surface area contributed by atoms with Crippen molar-refractivity contribution in [1.82, 2.24) is 5.32 Å². The predicted octanol–water partition coefficient (Wildman–Crippen LogP) is 1.94. The summed E-state index contributed by atoms with van der Waals surface area (Å²) < 4.78 is 38.6. The average Bonchev–Trinajstić information content (AvgIpc) is 2.26. The van der Waals surface area contributed by atoms with Crippen molar-refractivity contribution < 1.29 is 13.2 Å². The van der Waals surface area contributed by atoms with E-state index in [-0.39, 0.29) is 12.4 Å². The minimum atomic E-state index is -1.41. The molecule has 1 saturated heterocycles. The molecule has 90 valence electrons. The van der Waals surface area contributed by atoms with Crippen molar-refractivity contribution in [3.05, 3.63) is 29.6 Å². The number of halogens is 4. The summed E-state index contributed by atoms with van der Waals surface area (Å²) in [5.74, 6) is -3.68. The topological polar surface area (TPSA) is 15.3 Å². The van der Waals surface area contributed by atoms with E-state index < -0.39 is 17.5 Å². The Labute approximate surface area is 97.8 Å². The van der Waals surface area contributed by atoms with Crippen LogP contribution in [0, 0.1) is 17.5 Å². The first-order valence-corrected chi connectivity index (χ1v) is 4.78. The van der Waals surface area contributed by atoms with E-state index in [1.807, 2.05) is 4.90 Å².